The second-order valence-corrected chi connectivity index (χ2v) is 5.23. The SMILES string of the molecule is NCC1CCN(C(=O)CCC2CCCO2)CC1. The fraction of sp³-hybridized carbons (Fsp3) is 0.923. The van der Waals surface area contributed by atoms with E-state index in [-0.39, 0.29) is 0 Å². The first-order valence-electron chi connectivity index (χ1n) is 6.89. The van der Waals surface area contributed by atoms with Crippen LogP contribution in [0.15, 0.2) is 0 Å². The van der Waals surface area contributed by atoms with Gasteiger partial charge in [0.2, 0.25) is 5.91 Å². The number of amides is 1. The molecule has 0 bridgehead atoms. The molecule has 2 aliphatic rings. The van der Waals surface area contributed by atoms with Crippen LogP contribution in [0.4, 0.5) is 0 Å². The van der Waals surface area contributed by atoms with Gasteiger partial charge in [-0.05, 0) is 44.6 Å². The maximum absolute atomic E-state index is 12.0. The molecule has 98 valence electrons. The molecule has 2 rings (SSSR count). The highest BCUT2D eigenvalue weighted by atomic mass is 16.5. The van der Waals surface area contributed by atoms with Crippen LogP contribution in [0.25, 0.3) is 0 Å². The van der Waals surface area contributed by atoms with E-state index in [1.165, 1.54) is 0 Å². The van der Waals surface area contributed by atoms with Crippen molar-refractivity contribution >= 4 is 5.91 Å². The maximum Gasteiger partial charge on any atom is 0.222 e. The molecule has 0 radical (unpaired) electrons. The summed E-state index contributed by atoms with van der Waals surface area (Å²) in [4.78, 5) is 14.0. The molecule has 0 aromatic rings. The van der Waals surface area contributed by atoms with E-state index in [1.54, 1.807) is 0 Å². The summed E-state index contributed by atoms with van der Waals surface area (Å²) in [5, 5.41) is 0. The highest BCUT2D eigenvalue weighted by Gasteiger charge is 2.23. The molecule has 4 heteroatoms. The summed E-state index contributed by atoms with van der Waals surface area (Å²) in [7, 11) is 0. The van der Waals surface area contributed by atoms with Gasteiger partial charge in [-0.25, -0.2) is 0 Å². The van der Waals surface area contributed by atoms with Crippen molar-refractivity contribution in [3.63, 3.8) is 0 Å². The Morgan fingerprint density at radius 3 is 2.65 bits per heavy atom. The molecule has 2 N–H and O–H groups in total. The van der Waals surface area contributed by atoms with Crippen LogP contribution >= 0.6 is 0 Å². The fourth-order valence-corrected chi connectivity index (χ4v) is 2.73. The lowest BCUT2D eigenvalue weighted by Crippen LogP contribution is -2.40. The van der Waals surface area contributed by atoms with Crippen LogP contribution in [0.3, 0.4) is 0 Å². The van der Waals surface area contributed by atoms with Crippen molar-refractivity contribution in [2.24, 2.45) is 11.7 Å². The van der Waals surface area contributed by atoms with E-state index < -0.39 is 0 Å². The Bertz CT molecular complexity index is 244. The third-order valence-corrected chi connectivity index (χ3v) is 4.00. The van der Waals surface area contributed by atoms with Crippen LogP contribution in [0.5, 0.6) is 0 Å². The Labute approximate surface area is 103 Å². The second-order valence-electron chi connectivity index (χ2n) is 5.23. The van der Waals surface area contributed by atoms with Crippen molar-refractivity contribution in [1.29, 1.82) is 0 Å². The van der Waals surface area contributed by atoms with E-state index in [0.29, 0.717) is 24.3 Å². The summed E-state index contributed by atoms with van der Waals surface area (Å²) in [6, 6.07) is 0. The monoisotopic (exact) mass is 240 g/mol. The van der Waals surface area contributed by atoms with Crippen molar-refractivity contribution in [2.75, 3.05) is 26.2 Å². The van der Waals surface area contributed by atoms with Crippen molar-refractivity contribution < 1.29 is 9.53 Å². The van der Waals surface area contributed by atoms with Crippen molar-refractivity contribution in [1.82, 2.24) is 4.90 Å². The van der Waals surface area contributed by atoms with E-state index in [2.05, 4.69) is 0 Å². The Morgan fingerprint density at radius 1 is 1.29 bits per heavy atom. The molecule has 1 unspecified atom stereocenters. The molecular weight excluding hydrogens is 216 g/mol. The number of rotatable bonds is 4. The first-order chi connectivity index (χ1) is 8.29. The molecule has 2 heterocycles. The predicted octanol–water partition coefficient (Wildman–Crippen LogP) is 1.14. The minimum atomic E-state index is 0.302. The first kappa shape index (κ1) is 12.8. The Kier molecular flexibility index (Phi) is 4.80. The summed E-state index contributed by atoms with van der Waals surface area (Å²) < 4.78 is 5.54. The molecule has 4 nitrogen and oxygen atoms in total. The molecular formula is C13H24N2O2. The van der Waals surface area contributed by atoms with E-state index in [9.17, 15) is 4.79 Å². The van der Waals surface area contributed by atoms with Gasteiger partial charge in [0.1, 0.15) is 0 Å². The first-order valence-corrected chi connectivity index (χ1v) is 6.89. The average molecular weight is 240 g/mol. The van der Waals surface area contributed by atoms with Crippen LogP contribution in [0.1, 0.15) is 38.5 Å². The molecule has 17 heavy (non-hydrogen) atoms. The number of piperidine rings is 1. The molecule has 0 aromatic heterocycles. The average Bonchev–Trinajstić information content (AvgIpc) is 2.89. The zero-order chi connectivity index (χ0) is 12.1. The molecule has 1 amide bonds. The van der Waals surface area contributed by atoms with Gasteiger partial charge in [-0.3, -0.25) is 4.79 Å². The summed E-state index contributed by atoms with van der Waals surface area (Å²) >= 11 is 0. The van der Waals surface area contributed by atoms with Gasteiger partial charge in [0.15, 0.2) is 0 Å². The Balaban J connectivity index is 1.66. The summed E-state index contributed by atoms with van der Waals surface area (Å²) in [5.74, 6) is 0.924. The molecule has 2 aliphatic heterocycles. The van der Waals surface area contributed by atoms with Gasteiger partial charge < -0.3 is 15.4 Å². The predicted molar refractivity (Wildman–Crippen MR) is 66.6 cm³/mol. The lowest BCUT2D eigenvalue weighted by molar-refractivity contribution is -0.133. The van der Waals surface area contributed by atoms with Gasteiger partial charge in [-0.2, -0.15) is 0 Å². The van der Waals surface area contributed by atoms with E-state index >= 15 is 0 Å². The molecule has 1 atom stereocenters. The minimum Gasteiger partial charge on any atom is -0.378 e. The smallest absolute Gasteiger partial charge is 0.222 e. The Hall–Kier alpha value is -0.610. The quantitative estimate of drug-likeness (QED) is 0.802. The van der Waals surface area contributed by atoms with Gasteiger partial charge in [0.05, 0.1) is 6.10 Å². The van der Waals surface area contributed by atoms with Gasteiger partial charge in [0, 0.05) is 26.1 Å². The molecule has 2 fully saturated rings. The lowest BCUT2D eigenvalue weighted by atomic mass is 9.97. The van der Waals surface area contributed by atoms with Gasteiger partial charge >= 0.3 is 0 Å². The third-order valence-electron chi connectivity index (χ3n) is 4.00. The van der Waals surface area contributed by atoms with Crippen molar-refractivity contribution in [3.05, 3.63) is 0 Å². The molecule has 0 spiro atoms. The molecule has 0 aliphatic carbocycles. The number of nitrogens with two attached hydrogens (primary N) is 1. The largest absolute Gasteiger partial charge is 0.378 e. The van der Waals surface area contributed by atoms with Crippen LogP contribution in [-0.2, 0) is 9.53 Å². The maximum atomic E-state index is 12.0. The minimum absolute atomic E-state index is 0.302. The highest BCUT2D eigenvalue weighted by molar-refractivity contribution is 5.76. The van der Waals surface area contributed by atoms with Crippen molar-refractivity contribution in [3.8, 4) is 0 Å². The molecule has 0 saturated carbocycles. The Morgan fingerprint density at radius 2 is 2.06 bits per heavy atom. The van der Waals surface area contributed by atoms with Gasteiger partial charge in [0.25, 0.3) is 0 Å². The number of hydrogen-bond acceptors (Lipinski definition) is 3. The highest BCUT2D eigenvalue weighted by Crippen LogP contribution is 2.20. The van der Waals surface area contributed by atoms with Crippen molar-refractivity contribution in [2.45, 2.75) is 44.6 Å². The number of carbonyl (C=O) groups excluding carboxylic acids is 1. The third kappa shape index (κ3) is 3.68. The van der Waals surface area contributed by atoms with Gasteiger partial charge in [-0.15, -0.1) is 0 Å². The van der Waals surface area contributed by atoms with Crippen LogP contribution in [0.2, 0.25) is 0 Å². The van der Waals surface area contributed by atoms with Crippen LogP contribution in [0, 0.1) is 5.92 Å². The summed E-state index contributed by atoms with van der Waals surface area (Å²) in [6.45, 7) is 3.43. The van der Waals surface area contributed by atoms with E-state index in [1.807, 2.05) is 4.90 Å². The number of ether oxygens (including phenoxy) is 1. The molecule has 0 aromatic carbocycles. The summed E-state index contributed by atoms with van der Waals surface area (Å²) in [5.41, 5.74) is 5.65. The van der Waals surface area contributed by atoms with E-state index in [0.717, 1.165) is 58.3 Å². The second kappa shape index (κ2) is 6.36. The van der Waals surface area contributed by atoms with E-state index in [4.69, 9.17) is 10.5 Å². The van der Waals surface area contributed by atoms with Crippen LogP contribution in [-0.4, -0.2) is 43.2 Å². The number of likely N-dealkylation sites (tertiary alicyclic amines) is 1. The number of hydrogen-bond donors (Lipinski definition) is 1. The summed E-state index contributed by atoms with van der Waals surface area (Å²) in [6.07, 6.45) is 6.31. The standard InChI is InChI=1S/C13H24N2O2/c14-10-11-5-7-15(8-6-11)13(16)4-3-12-2-1-9-17-12/h11-12H,1-10,14H2. The number of carbonyl (C=O) groups is 1. The lowest BCUT2D eigenvalue weighted by Gasteiger charge is -2.31. The number of nitrogens with zero attached hydrogens (tertiary/aromatic N) is 1. The van der Waals surface area contributed by atoms with Gasteiger partial charge in [-0.1, -0.05) is 0 Å². The zero-order valence-electron chi connectivity index (χ0n) is 10.6. The topological polar surface area (TPSA) is 55.6 Å². The molecule has 2 saturated heterocycles. The fourth-order valence-electron chi connectivity index (χ4n) is 2.73. The normalized spacial score (nSPS) is 26.4. The zero-order valence-corrected chi connectivity index (χ0v) is 10.6. The van der Waals surface area contributed by atoms with Crippen LogP contribution < -0.4 is 5.73 Å².